The lowest BCUT2D eigenvalue weighted by Crippen LogP contribution is -2.52. The number of methoxy groups -OCH3 is 2. The number of benzene rings is 2. The SMILES string of the molecule is COc1ccc(N(CC(=O)N(Cc2ccccc2)[C@@H](C)C(=O)NC(C)C)S(C)(=O)=O)c(OC)c1. The molecule has 0 spiro atoms. The molecule has 0 aromatic heterocycles. The van der Waals surface area contributed by atoms with Crippen LogP contribution >= 0.6 is 0 Å². The van der Waals surface area contributed by atoms with E-state index in [0.29, 0.717) is 5.75 Å². The lowest BCUT2D eigenvalue weighted by molar-refractivity contribution is -0.139. The van der Waals surface area contributed by atoms with Gasteiger partial charge in [-0.05, 0) is 38.5 Å². The minimum Gasteiger partial charge on any atom is -0.497 e. The molecule has 2 rings (SSSR count). The van der Waals surface area contributed by atoms with Gasteiger partial charge < -0.3 is 19.7 Å². The molecule has 1 atom stereocenters. The number of anilines is 1. The van der Waals surface area contributed by atoms with Crippen LogP contribution in [0.5, 0.6) is 11.5 Å². The minimum absolute atomic E-state index is 0.111. The Balaban J connectivity index is 2.44. The molecule has 0 aliphatic heterocycles. The maximum atomic E-state index is 13.5. The zero-order valence-corrected chi connectivity index (χ0v) is 21.3. The molecule has 0 aliphatic carbocycles. The van der Waals surface area contributed by atoms with Crippen LogP contribution in [0.4, 0.5) is 5.69 Å². The van der Waals surface area contributed by atoms with E-state index < -0.39 is 28.5 Å². The second kappa shape index (κ2) is 11.7. The molecular weight excluding hydrogens is 458 g/mol. The summed E-state index contributed by atoms with van der Waals surface area (Å²) in [7, 11) is -0.985. The van der Waals surface area contributed by atoms with Crippen LogP contribution in [-0.2, 0) is 26.2 Å². The van der Waals surface area contributed by atoms with E-state index in [9.17, 15) is 18.0 Å². The summed E-state index contributed by atoms with van der Waals surface area (Å²) in [6.07, 6.45) is 1.01. The zero-order chi connectivity index (χ0) is 25.5. The number of carbonyl (C=O) groups is 2. The van der Waals surface area contributed by atoms with Crippen molar-refractivity contribution in [2.24, 2.45) is 0 Å². The molecule has 0 radical (unpaired) electrons. The quantitative estimate of drug-likeness (QED) is 0.518. The van der Waals surface area contributed by atoms with Gasteiger partial charge in [0.05, 0.1) is 26.2 Å². The Kier molecular flexibility index (Phi) is 9.31. The van der Waals surface area contributed by atoms with E-state index in [1.807, 2.05) is 44.2 Å². The number of nitrogens with one attached hydrogen (secondary N) is 1. The Morgan fingerprint density at radius 3 is 2.18 bits per heavy atom. The monoisotopic (exact) mass is 491 g/mol. The molecular formula is C24H33N3O6S. The summed E-state index contributed by atoms with van der Waals surface area (Å²) in [5, 5.41) is 2.81. The zero-order valence-electron chi connectivity index (χ0n) is 20.4. The van der Waals surface area contributed by atoms with Crippen LogP contribution in [0.15, 0.2) is 48.5 Å². The first kappa shape index (κ1) is 27.0. The van der Waals surface area contributed by atoms with Crippen LogP contribution < -0.4 is 19.1 Å². The van der Waals surface area contributed by atoms with Gasteiger partial charge in [-0.3, -0.25) is 13.9 Å². The largest absolute Gasteiger partial charge is 0.497 e. The van der Waals surface area contributed by atoms with Crippen molar-refractivity contribution in [2.75, 3.05) is 31.3 Å². The molecule has 9 nitrogen and oxygen atoms in total. The minimum atomic E-state index is -3.87. The summed E-state index contributed by atoms with van der Waals surface area (Å²) in [5.74, 6) is -0.145. The van der Waals surface area contributed by atoms with Crippen molar-refractivity contribution < 1.29 is 27.5 Å². The molecule has 2 aromatic rings. The third kappa shape index (κ3) is 7.11. The Morgan fingerprint density at radius 1 is 1.00 bits per heavy atom. The topological polar surface area (TPSA) is 105 Å². The van der Waals surface area contributed by atoms with E-state index in [1.165, 1.54) is 25.2 Å². The van der Waals surface area contributed by atoms with Crippen LogP contribution in [0.1, 0.15) is 26.3 Å². The van der Waals surface area contributed by atoms with Crippen molar-refractivity contribution in [1.82, 2.24) is 10.2 Å². The van der Waals surface area contributed by atoms with Gasteiger partial charge in [0.2, 0.25) is 21.8 Å². The summed E-state index contributed by atoms with van der Waals surface area (Å²) < 4.78 is 36.9. The van der Waals surface area contributed by atoms with Crippen molar-refractivity contribution >= 4 is 27.5 Å². The number of nitrogens with zero attached hydrogens (tertiary/aromatic N) is 2. The summed E-state index contributed by atoms with van der Waals surface area (Å²) >= 11 is 0. The van der Waals surface area contributed by atoms with Gasteiger partial charge in [-0.1, -0.05) is 30.3 Å². The molecule has 2 amide bonds. The lowest BCUT2D eigenvalue weighted by atomic mass is 10.1. The van der Waals surface area contributed by atoms with Crippen LogP contribution in [0.2, 0.25) is 0 Å². The lowest BCUT2D eigenvalue weighted by Gasteiger charge is -2.32. The first-order chi connectivity index (χ1) is 16.0. The highest BCUT2D eigenvalue weighted by Crippen LogP contribution is 2.33. The Bertz CT molecular complexity index is 1090. The van der Waals surface area contributed by atoms with Gasteiger partial charge in [-0.25, -0.2) is 8.42 Å². The maximum Gasteiger partial charge on any atom is 0.244 e. The van der Waals surface area contributed by atoms with Gasteiger partial charge in [0.15, 0.2) is 0 Å². The summed E-state index contributed by atoms with van der Waals surface area (Å²) in [5.41, 5.74) is 1.01. The van der Waals surface area contributed by atoms with E-state index in [1.54, 1.807) is 19.1 Å². The smallest absolute Gasteiger partial charge is 0.244 e. The van der Waals surface area contributed by atoms with Crippen molar-refractivity contribution in [1.29, 1.82) is 0 Å². The van der Waals surface area contributed by atoms with Gasteiger partial charge in [-0.15, -0.1) is 0 Å². The molecule has 0 heterocycles. The highest BCUT2D eigenvalue weighted by Gasteiger charge is 2.31. The van der Waals surface area contributed by atoms with Crippen molar-refractivity contribution in [3.63, 3.8) is 0 Å². The molecule has 0 saturated heterocycles. The predicted molar refractivity (Wildman–Crippen MR) is 131 cm³/mol. The van der Waals surface area contributed by atoms with E-state index in [0.717, 1.165) is 16.1 Å². The van der Waals surface area contributed by atoms with Crippen molar-refractivity contribution in [2.45, 2.75) is 39.4 Å². The van der Waals surface area contributed by atoms with Gasteiger partial charge in [0.1, 0.15) is 24.1 Å². The summed E-state index contributed by atoms with van der Waals surface area (Å²) in [6.45, 7) is 4.92. The maximum absolute atomic E-state index is 13.5. The number of rotatable bonds is 11. The second-order valence-electron chi connectivity index (χ2n) is 8.15. The molecule has 0 fully saturated rings. The van der Waals surface area contributed by atoms with Gasteiger partial charge in [-0.2, -0.15) is 0 Å². The van der Waals surface area contributed by atoms with E-state index >= 15 is 0 Å². The van der Waals surface area contributed by atoms with Crippen molar-refractivity contribution in [3.05, 3.63) is 54.1 Å². The summed E-state index contributed by atoms with van der Waals surface area (Å²) in [6, 6.07) is 12.9. The third-order valence-electron chi connectivity index (χ3n) is 5.13. The Morgan fingerprint density at radius 2 is 1.65 bits per heavy atom. The van der Waals surface area contributed by atoms with Gasteiger partial charge >= 0.3 is 0 Å². The molecule has 0 bridgehead atoms. The number of hydrogen-bond donors (Lipinski definition) is 1. The number of ether oxygens (including phenoxy) is 2. The first-order valence-corrected chi connectivity index (χ1v) is 12.7. The average Bonchev–Trinajstić information content (AvgIpc) is 2.79. The molecule has 10 heteroatoms. The molecule has 1 N–H and O–H groups in total. The second-order valence-corrected chi connectivity index (χ2v) is 10.1. The molecule has 34 heavy (non-hydrogen) atoms. The van der Waals surface area contributed by atoms with Crippen molar-refractivity contribution in [3.8, 4) is 11.5 Å². The van der Waals surface area contributed by atoms with E-state index in [4.69, 9.17) is 9.47 Å². The third-order valence-corrected chi connectivity index (χ3v) is 6.26. The normalized spacial score (nSPS) is 12.1. The standard InChI is InChI=1S/C24H33N3O6S/c1-17(2)25-24(29)18(3)26(15-19-10-8-7-9-11-19)23(28)16-27(34(6,30)31)21-13-12-20(32-4)14-22(21)33-5/h7-14,17-18H,15-16H2,1-6H3,(H,25,29)/t18-/m0/s1. The molecule has 2 aromatic carbocycles. The fourth-order valence-corrected chi connectivity index (χ4v) is 4.21. The van der Waals surface area contributed by atoms with Crippen LogP contribution in [0.25, 0.3) is 0 Å². The molecule has 0 aliphatic rings. The highest BCUT2D eigenvalue weighted by atomic mass is 32.2. The van der Waals surface area contributed by atoms with Crippen LogP contribution in [0.3, 0.4) is 0 Å². The Labute approximate surface area is 201 Å². The number of sulfonamides is 1. The molecule has 0 unspecified atom stereocenters. The first-order valence-electron chi connectivity index (χ1n) is 10.8. The fourth-order valence-electron chi connectivity index (χ4n) is 3.35. The van der Waals surface area contributed by atoms with Gasteiger partial charge in [0.25, 0.3) is 0 Å². The molecule has 0 saturated carbocycles. The van der Waals surface area contributed by atoms with Crippen LogP contribution in [-0.4, -0.2) is 64.2 Å². The number of carbonyl (C=O) groups excluding carboxylic acids is 2. The van der Waals surface area contributed by atoms with Crippen LogP contribution in [0, 0.1) is 0 Å². The highest BCUT2D eigenvalue weighted by molar-refractivity contribution is 7.92. The average molecular weight is 492 g/mol. The van der Waals surface area contributed by atoms with E-state index in [2.05, 4.69) is 5.32 Å². The fraction of sp³-hybridized carbons (Fsp3) is 0.417. The van der Waals surface area contributed by atoms with Gasteiger partial charge in [0, 0.05) is 18.7 Å². The molecule has 186 valence electrons. The number of hydrogen-bond acceptors (Lipinski definition) is 6. The predicted octanol–water partition coefficient (Wildman–Crippen LogP) is 2.41. The summed E-state index contributed by atoms with van der Waals surface area (Å²) in [4.78, 5) is 27.6. The number of amides is 2. The van der Waals surface area contributed by atoms with E-state index in [-0.39, 0.29) is 29.9 Å². The Hall–Kier alpha value is -3.27.